The minimum Gasteiger partial charge on any atom is -0.307 e. The Morgan fingerprint density at radius 1 is 1.12 bits per heavy atom. The lowest BCUT2D eigenvalue weighted by Gasteiger charge is -2.36. The average Bonchev–Trinajstić information content (AvgIpc) is 2.36. The fourth-order valence-electron chi connectivity index (χ4n) is 2.98. The molecule has 0 radical (unpaired) electrons. The molecule has 1 aliphatic carbocycles. The van der Waals surface area contributed by atoms with Gasteiger partial charge in [-0.1, -0.05) is 57.0 Å². The van der Waals surface area contributed by atoms with Crippen molar-refractivity contribution in [3.05, 3.63) is 35.9 Å². The van der Waals surface area contributed by atoms with Crippen molar-refractivity contribution in [2.75, 3.05) is 0 Å². The van der Waals surface area contributed by atoms with E-state index in [9.17, 15) is 0 Å². The van der Waals surface area contributed by atoms with Gasteiger partial charge < -0.3 is 5.32 Å². The van der Waals surface area contributed by atoms with Crippen LogP contribution >= 0.6 is 0 Å². The van der Waals surface area contributed by atoms with Crippen molar-refractivity contribution in [1.29, 1.82) is 0 Å². The van der Waals surface area contributed by atoms with Crippen LogP contribution in [-0.2, 0) is 0 Å². The predicted molar refractivity (Wildman–Crippen MR) is 74.0 cm³/mol. The third kappa shape index (κ3) is 3.10. The second-order valence-electron chi connectivity index (χ2n) is 5.67. The van der Waals surface area contributed by atoms with E-state index in [-0.39, 0.29) is 0 Å². The van der Waals surface area contributed by atoms with Crippen LogP contribution in [-0.4, -0.2) is 6.04 Å². The second kappa shape index (κ2) is 5.68. The maximum Gasteiger partial charge on any atom is 0.0294 e. The van der Waals surface area contributed by atoms with Gasteiger partial charge >= 0.3 is 0 Å². The van der Waals surface area contributed by atoms with Gasteiger partial charge in [-0.3, -0.25) is 0 Å². The van der Waals surface area contributed by atoms with Gasteiger partial charge in [0.25, 0.3) is 0 Å². The maximum atomic E-state index is 3.82. The first-order valence-corrected chi connectivity index (χ1v) is 6.99. The van der Waals surface area contributed by atoms with Crippen LogP contribution in [0.25, 0.3) is 0 Å². The van der Waals surface area contributed by atoms with Crippen molar-refractivity contribution in [1.82, 2.24) is 5.32 Å². The Morgan fingerprint density at radius 3 is 2.53 bits per heavy atom. The summed E-state index contributed by atoms with van der Waals surface area (Å²) in [4.78, 5) is 0. The molecule has 1 N–H and O–H groups in total. The molecule has 4 unspecified atom stereocenters. The van der Waals surface area contributed by atoms with Gasteiger partial charge in [0.15, 0.2) is 0 Å². The van der Waals surface area contributed by atoms with Crippen molar-refractivity contribution in [2.45, 2.75) is 52.1 Å². The number of rotatable bonds is 3. The molecule has 0 aliphatic heterocycles. The Hall–Kier alpha value is -0.820. The summed E-state index contributed by atoms with van der Waals surface area (Å²) in [5, 5.41) is 3.82. The van der Waals surface area contributed by atoms with Crippen LogP contribution in [0.1, 0.15) is 51.6 Å². The molecule has 17 heavy (non-hydrogen) atoms. The van der Waals surface area contributed by atoms with Crippen LogP contribution in [0.3, 0.4) is 0 Å². The highest BCUT2D eigenvalue weighted by atomic mass is 15.0. The number of hydrogen-bond acceptors (Lipinski definition) is 1. The summed E-state index contributed by atoms with van der Waals surface area (Å²) in [6.45, 7) is 7.08. The summed E-state index contributed by atoms with van der Waals surface area (Å²) < 4.78 is 0. The number of benzene rings is 1. The zero-order valence-corrected chi connectivity index (χ0v) is 11.3. The van der Waals surface area contributed by atoms with E-state index in [1.54, 1.807) is 0 Å². The van der Waals surface area contributed by atoms with E-state index in [0.717, 1.165) is 11.8 Å². The van der Waals surface area contributed by atoms with Crippen molar-refractivity contribution < 1.29 is 0 Å². The molecule has 0 spiro atoms. The largest absolute Gasteiger partial charge is 0.307 e. The summed E-state index contributed by atoms with van der Waals surface area (Å²) >= 11 is 0. The SMILES string of the molecule is CC(NC1CCCC(C)C1C)c1ccccc1. The Kier molecular flexibility index (Phi) is 4.22. The standard InChI is InChI=1S/C16H25N/c1-12-8-7-11-16(13(12)2)17-14(3)15-9-5-4-6-10-15/h4-6,9-10,12-14,16-17H,7-8,11H2,1-3H3. The fraction of sp³-hybridized carbons (Fsp3) is 0.625. The lowest BCUT2D eigenvalue weighted by atomic mass is 9.77. The van der Waals surface area contributed by atoms with Crippen LogP contribution < -0.4 is 5.32 Å². The van der Waals surface area contributed by atoms with Crippen molar-refractivity contribution in [3.8, 4) is 0 Å². The molecule has 0 heterocycles. The van der Waals surface area contributed by atoms with Crippen LogP contribution in [0, 0.1) is 11.8 Å². The summed E-state index contributed by atoms with van der Waals surface area (Å²) in [6.07, 6.45) is 4.12. The summed E-state index contributed by atoms with van der Waals surface area (Å²) in [6, 6.07) is 11.9. The zero-order valence-electron chi connectivity index (χ0n) is 11.3. The molecule has 1 aromatic rings. The molecule has 1 saturated carbocycles. The summed E-state index contributed by atoms with van der Waals surface area (Å²) in [5.41, 5.74) is 1.40. The first-order valence-electron chi connectivity index (χ1n) is 6.99. The molecule has 1 aromatic carbocycles. The van der Waals surface area contributed by atoms with E-state index in [1.165, 1.54) is 24.8 Å². The minimum absolute atomic E-state index is 0.467. The molecule has 0 saturated heterocycles. The number of hydrogen-bond donors (Lipinski definition) is 1. The zero-order chi connectivity index (χ0) is 12.3. The van der Waals surface area contributed by atoms with Gasteiger partial charge in [-0.2, -0.15) is 0 Å². The van der Waals surface area contributed by atoms with Gasteiger partial charge in [0.2, 0.25) is 0 Å². The van der Waals surface area contributed by atoms with Crippen LogP contribution in [0.5, 0.6) is 0 Å². The first-order chi connectivity index (χ1) is 8.18. The molecule has 0 aromatic heterocycles. The van der Waals surface area contributed by atoms with Crippen LogP contribution in [0.2, 0.25) is 0 Å². The van der Waals surface area contributed by atoms with E-state index in [2.05, 4.69) is 56.4 Å². The highest BCUT2D eigenvalue weighted by molar-refractivity contribution is 5.18. The smallest absolute Gasteiger partial charge is 0.0294 e. The molecule has 1 nitrogen and oxygen atoms in total. The monoisotopic (exact) mass is 231 g/mol. The molecule has 1 fully saturated rings. The van der Waals surface area contributed by atoms with E-state index in [1.807, 2.05) is 0 Å². The minimum atomic E-state index is 0.467. The van der Waals surface area contributed by atoms with E-state index >= 15 is 0 Å². The van der Waals surface area contributed by atoms with Crippen LogP contribution in [0.15, 0.2) is 30.3 Å². The van der Waals surface area contributed by atoms with Gasteiger partial charge in [0.05, 0.1) is 0 Å². The van der Waals surface area contributed by atoms with Gasteiger partial charge in [-0.15, -0.1) is 0 Å². The molecule has 4 atom stereocenters. The third-order valence-electron chi connectivity index (χ3n) is 4.47. The average molecular weight is 231 g/mol. The summed E-state index contributed by atoms with van der Waals surface area (Å²) in [7, 11) is 0. The number of nitrogens with one attached hydrogen (secondary N) is 1. The van der Waals surface area contributed by atoms with Crippen LogP contribution in [0.4, 0.5) is 0 Å². The maximum absolute atomic E-state index is 3.82. The van der Waals surface area contributed by atoms with Gasteiger partial charge in [-0.25, -0.2) is 0 Å². The highest BCUT2D eigenvalue weighted by Crippen LogP contribution is 2.30. The molecular formula is C16H25N. The lowest BCUT2D eigenvalue weighted by molar-refractivity contribution is 0.196. The van der Waals surface area contributed by atoms with Crippen molar-refractivity contribution in [2.24, 2.45) is 11.8 Å². The molecule has 94 valence electrons. The first kappa shape index (κ1) is 12.6. The molecular weight excluding hydrogens is 206 g/mol. The Bertz CT molecular complexity index is 333. The predicted octanol–water partition coefficient (Wildman–Crippen LogP) is 4.16. The fourth-order valence-corrected chi connectivity index (χ4v) is 2.98. The van der Waals surface area contributed by atoms with E-state index < -0.39 is 0 Å². The topological polar surface area (TPSA) is 12.0 Å². The van der Waals surface area contributed by atoms with Gasteiger partial charge in [0, 0.05) is 12.1 Å². The summed E-state index contributed by atoms with van der Waals surface area (Å²) in [5.74, 6) is 1.67. The lowest BCUT2D eigenvalue weighted by Crippen LogP contribution is -2.41. The Balaban J connectivity index is 1.96. The molecule has 2 rings (SSSR count). The second-order valence-corrected chi connectivity index (χ2v) is 5.67. The third-order valence-corrected chi connectivity index (χ3v) is 4.47. The Morgan fingerprint density at radius 2 is 1.82 bits per heavy atom. The molecule has 1 heteroatoms. The quantitative estimate of drug-likeness (QED) is 0.823. The van der Waals surface area contributed by atoms with E-state index in [4.69, 9.17) is 0 Å². The normalized spacial score (nSPS) is 31.1. The van der Waals surface area contributed by atoms with Crippen molar-refractivity contribution >= 4 is 0 Å². The Labute approximate surface area is 106 Å². The van der Waals surface area contributed by atoms with E-state index in [0.29, 0.717) is 12.1 Å². The molecule has 0 bridgehead atoms. The highest BCUT2D eigenvalue weighted by Gasteiger charge is 2.27. The van der Waals surface area contributed by atoms with Gasteiger partial charge in [-0.05, 0) is 30.7 Å². The van der Waals surface area contributed by atoms with Gasteiger partial charge in [0.1, 0.15) is 0 Å². The van der Waals surface area contributed by atoms with Crippen molar-refractivity contribution in [3.63, 3.8) is 0 Å². The molecule has 1 aliphatic rings. The molecule has 0 amide bonds.